The molecular formula is C18H19F2N5O3. The fourth-order valence-corrected chi connectivity index (χ4v) is 2.67. The first-order valence-corrected chi connectivity index (χ1v) is 8.58. The van der Waals surface area contributed by atoms with E-state index in [4.69, 9.17) is 10.5 Å². The van der Waals surface area contributed by atoms with Crippen LogP contribution in [0.3, 0.4) is 0 Å². The molecule has 0 aliphatic carbocycles. The second-order valence-corrected chi connectivity index (χ2v) is 6.07. The molecule has 0 aliphatic rings. The maximum absolute atomic E-state index is 14.3. The summed E-state index contributed by atoms with van der Waals surface area (Å²) in [4.78, 5) is 21.5. The number of H-pyrrole nitrogens is 1. The molecule has 5 N–H and O–H groups in total. The molecule has 3 aromatic rings. The fourth-order valence-electron chi connectivity index (χ4n) is 2.67. The quantitative estimate of drug-likeness (QED) is 0.467. The van der Waals surface area contributed by atoms with E-state index < -0.39 is 17.5 Å². The van der Waals surface area contributed by atoms with Crippen molar-refractivity contribution in [3.05, 3.63) is 41.0 Å². The number of ether oxygens (including phenoxy) is 1. The van der Waals surface area contributed by atoms with E-state index >= 15 is 0 Å². The lowest BCUT2D eigenvalue weighted by molar-refractivity contribution is -0.118. The predicted octanol–water partition coefficient (Wildman–Crippen LogP) is 2.37. The van der Waals surface area contributed by atoms with E-state index in [-0.39, 0.29) is 42.5 Å². The van der Waals surface area contributed by atoms with Crippen LogP contribution in [0.2, 0.25) is 0 Å². The number of halogens is 2. The van der Waals surface area contributed by atoms with E-state index in [2.05, 4.69) is 20.3 Å². The zero-order chi connectivity index (χ0) is 20.3. The van der Waals surface area contributed by atoms with E-state index in [1.807, 2.05) is 6.92 Å². The molecule has 8 nitrogen and oxygen atoms in total. The second-order valence-electron chi connectivity index (χ2n) is 6.07. The third-order valence-corrected chi connectivity index (χ3v) is 4.08. The number of aromatic nitrogens is 3. The molecule has 0 aliphatic heterocycles. The Balaban J connectivity index is 1.77. The topological polar surface area (TPSA) is 126 Å². The van der Waals surface area contributed by atoms with Gasteiger partial charge in [0.15, 0.2) is 5.65 Å². The molecule has 0 radical (unpaired) electrons. The van der Waals surface area contributed by atoms with Crippen molar-refractivity contribution in [3.8, 4) is 11.8 Å². The standard InChI is InChI=1S/C18H19F2N5O3/c1-2-9-5-14-17(25-18(27)23-14)24-16(9)22-8-11-12(19)6-10(7-13(11)20)28-4-3-15(21)26/h5-7H,2-4,8H2,1H3,(H2,21,26)(H3,22,23,24,25,27). The first-order valence-electron chi connectivity index (χ1n) is 8.58. The van der Waals surface area contributed by atoms with E-state index in [0.29, 0.717) is 17.8 Å². The van der Waals surface area contributed by atoms with Crippen molar-refractivity contribution in [2.45, 2.75) is 26.3 Å². The number of anilines is 1. The van der Waals surface area contributed by atoms with Crippen LogP contribution in [0.1, 0.15) is 24.5 Å². The third-order valence-electron chi connectivity index (χ3n) is 4.08. The Kier molecular flexibility index (Phi) is 5.57. The van der Waals surface area contributed by atoms with Crippen molar-refractivity contribution in [1.29, 1.82) is 0 Å². The third kappa shape index (κ3) is 4.27. The zero-order valence-electron chi connectivity index (χ0n) is 15.1. The highest BCUT2D eigenvalue weighted by Crippen LogP contribution is 2.24. The van der Waals surface area contributed by atoms with Crippen molar-refractivity contribution in [2.24, 2.45) is 5.73 Å². The number of fused-ring (bicyclic) bond motifs is 1. The van der Waals surface area contributed by atoms with Gasteiger partial charge in [0.1, 0.15) is 23.2 Å². The van der Waals surface area contributed by atoms with Crippen LogP contribution in [0.25, 0.3) is 11.2 Å². The number of aromatic hydroxyl groups is 1. The van der Waals surface area contributed by atoms with Gasteiger partial charge >= 0.3 is 0 Å². The molecule has 0 fully saturated rings. The molecule has 0 saturated heterocycles. The summed E-state index contributed by atoms with van der Waals surface area (Å²) in [5.74, 6) is -1.76. The van der Waals surface area contributed by atoms with Crippen molar-refractivity contribution >= 4 is 22.9 Å². The summed E-state index contributed by atoms with van der Waals surface area (Å²) < 4.78 is 33.8. The summed E-state index contributed by atoms with van der Waals surface area (Å²) >= 11 is 0. The highest BCUT2D eigenvalue weighted by atomic mass is 19.1. The Morgan fingerprint density at radius 3 is 2.64 bits per heavy atom. The minimum atomic E-state index is -0.793. The first kappa shape index (κ1) is 19.3. The molecular weight excluding hydrogens is 372 g/mol. The lowest BCUT2D eigenvalue weighted by Gasteiger charge is -2.12. The number of aryl methyl sites for hydroxylation is 1. The average molecular weight is 391 g/mol. The van der Waals surface area contributed by atoms with Crippen LogP contribution in [0.15, 0.2) is 18.2 Å². The molecule has 1 aromatic carbocycles. The number of carbonyl (C=O) groups excluding carboxylic acids is 1. The normalized spacial score (nSPS) is 11.0. The van der Waals surface area contributed by atoms with Gasteiger partial charge in [0, 0.05) is 24.2 Å². The van der Waals surface area contributed by atoms with Gasteiger partial charge in [-0.15, -0.1) is 0 Å². The van der Waals surface area contributed by atoms with Crippen LogP contribution in [0.4, 0.5) is 14.6 Å². The fraction of sp³-hybridized carbons (Fsp3) is 0.278. The number of pyridine rings is 1. The molecule has 2 heterocycles. The minimum Gasteiger partial charge on any atom is -0.493 e. The number of benzene rings is 1. The lowest BCUT2D eigenvalue weighted by Crippen LogP contribution is -2.15. The van der Waals surface area contributed by atoms with Gasteiger partial charge in [0.2, 0.25) is 5.91 Å². The monoisotopic (exact) mass is 391 g/mol. The summed E-state index contributed by atoms with van der Waals surface area (Å²) in [6, 6.07) is 3.60. The molecule has 1 amide bonds. The van der Waals surface area contributed by atoms with Crippen LogP contribution < -0.4 is 15.8 Å². The number of hydrogen-bond acceptors (Lipinski definition) is 6. The summed E-state index contributed by atoms with van der Waals surface area (Å²) in [5.41, 5.74) is 6.46. The molecule has 2 aromatic heterocycles. The van der Waals surface area contributed by atoms with Gasteiger partial charge in [-0.2, -0.15) is 4.98 Å². The van der Waals surface area contributed by atoms with Crippen molar-refractivity contribution in [2.75, 3.05) is 11.9 Å². The van der Waals surface area contributed by atoms with Gasteiger partial charge < -0.3 is 25.9 Å². The molecule has 148 valence electrons. The highest BCUT2D eigenvalue weighted by Gasteiger charge is 2.15. The molecule has 0 unspecified atom stereocenters. The number of hydrogen-bond donors (Lipinski definition) is 4. The van der Waals surface area contributed by atoms with Crippen LogP contribution in [0, 0.1) is 11.6 Å². The highest BCUT2D eigenvalue weighted by molar-refractivity contribution is 5.75. The number of amides is 1. The van der Waals surface area contributed by atoms with Gasteiger partial charge in [-0.3, -0.25) is 4.79 Å². The van der Waals surface area contributed by atoms with Gasteiger partial charge in [-0.25, -0.2) is 13.8 Å². The Morgan fingerprint density at radius 1 is 1.29 bits per heavy atom. The molecule has 3 rings (SSSR count). The Bertz CT molecular complexity index is 999. The molecule has 0 atom stereocenters. The molecule has 0 bridgehead atoms. The molecule has 0 spiro atoms. The molecule has 10 heteroatoms. The number of nitrogens with zero attached hydrogens (tertiary/aromatic N) is 2. The summed E-state index contributed by atoms with van der Waals surface area (Å²) in [7, 11) is 0. The Hall–Kier alpha value is -3.43. The van der Waals surface area contributed by atoms with Crippen LogP contribution in [-0.2, 0) is 17.8 Å². The van der Waals surface area contributed by atoms with Crippen LogP contribution >= 0.6 is 0 Å². The van der Waals surface area contributed by atoms with Crippen molar-refractivity contribution in [1.82, 2.24) is 15.0 Å². The van der Waals surface area contributed by atoms with Crippen molar-refractivity contribution < 1.29 is 23.4 Å². The van der Waals surface area contributed by atoms with E-state index in [1.165, 1.54) is 0 Å². The summed E-state index contributed by atoms with van der Waals surface area (Å²) in [6.07, 6.45) is 0.561. The number of nitrogens with two attached hydrogens (primary N) is 1. The SMILES string of the molecule is CCc1cc2[nH]c(O)nc2nc1NCc1c(F)cc(OCCC(N)=O)cc1F. The number of carbonyl (C=O) groups is 1. The molecule has 0 saturated carbocycles. The Labute approximate surface area is 158 Å². The van der Waals surface area contributed by atoms with E-state index in [1.54, 1.807) is 6.07 Å². The van der Waals surface area contributed by atoms with E-state index in [9.17, 15) is 18.7 Å². The minimum absolute atomic E-state index is 0.0270. The smallest absolute Gasteiger partial charge is 0.293 e. The number of primary amides is 1. The van der Waals surface area contributed by atoms with E-state index in [0.717, 1.165) is 17.7 Å². The predicted molar refractivity (Wildman–Crippen MR) is 97.9 cm³/mol. The molecule has 28 heavy (non-hydrogen) atoms. The number of imidazole rings is 1. The summed E-state index contributed by atoms with van der Waals surface area (Å²) in [6.45, 7) is 1.69. The maximum atomic E-state index is 14.3. The van der Waals surface area contributed by atoms with Gasteiger partial charge in [0.25, 0.3) is 6.01 Å². The zero-order valence-corrected chi connectivity index (χ0v) is 15.1. The first-order chi connectivity index (χ1) is 13.4. The van der Waals surface area contributed by atoms with Crippen LogP contribution in [0.5, 0.6) is 11.8 Å². The summed E-state index contributed by atoms with van der Waals surface area (Å²) in [5, 5.41) is 12.4. The van der Waals surface area contributed by atoms with Crippen LogP contribution in [-0.4, -0.2) is 32.6 Å². The van der Waals surface area contributed by atoms with Gasteiger partial charge in [0.05, 0.1) is 18.5 Å². The maximum Gasteiger partial charge on any atom is 0.293 e. The number of aromatic amines is 1. The Morgan fingerprint density at radius 2 is 2.00 bits per heavy atom. The number of rotatable bonds is 8. The second kappa shape index (κ2) is 8.07. The largest absolute Gasteiger partial charge is 0.493 e. The van der Waals surface area contributed by atoms with Crippen molar-refractivity contribution in [3.63, 3.8) is 0 Å². The average Bonchev–Trinajstić information content (AvgIpc) is 2.98. The van der Waals surface area contributed by atoms with Gasteiger partial charge in [-0.1, -0.05) is 6.92 Å². The lowest BCUT2D eigenvalue weighted by atomic mass is 10.1. The van der Waals surface area contributed by atoms with Gasteiger partial charge in [-0.05, 0) is 18.1 Å². The number of nitrogens with one attached hydrogen (secondary N) is 2.